The zero-order valence-electron chi connectivity index (χ0n) is 28.0. The molecule has 2 saturated heterocycles. The second-order valence-corrected chi connectivity index (χ2v) is 12.5. The van der Waals surface area contributed by atoms with Crippen LogP contribution in [-0.4, -0.2) is 66.0 Å². The van der Waals surface area contributed by atoms with Crippen LogP contribution in [0.15, 0.2) is 127 Å². The van der Waals surface area contributed by atoms with E-state index < -0.39 is 5.79 Å². The number of likely N-dealkylation sites (N-methyl/N-ethyl adjacent to an activating group) is 1. The van der Waals surface area contributed by atoms with E-state index in [4.69, 9.17) is 14.6 Å². The molecule has 0 saturated carbocycles. The summed E-state index contributed by atoms with van der Waals surface area (Å²) < 4.78 is 14.7. The summed E-state index contributed by atoms with van der Waals surface area (Å²) in [5.41, 5.74) is 4.84. The third-order valence-corrected chi connectivity index (χ3v) is 9.06. The average Bonchev–Trinajstić information content (AvgIpc) is 3.80. The van der Waals surface area contributed by atoms with Crippen molar-refractivity contribution in [3.63, 3.8) is 0 Å². The van der Waals surface area contributed by atoms with Crippen LogP contribution in [0.3, 0.4) is 0 Å². The number of carbonyl (C=O) groups excluding carboxylic acids is 1. The molecular weight excluding hydrogens is 598 g/mol. The van der Waals surface area contributed by atoms with E-state index in [0.717, 1.165) is 41.0 Å². The molecule has 3 atom stereocenters. The van der Waals surface area contributed by atoms with Crippen molar-refractivity contribution in [2.45, 2.75) is 50.2 Å². The number of benzene rings is 4. The van der Waals surface area contributed by atoms with Crippen molar-refractivity contribution in [1.29, 1.82) is 0 Å². The minimum Gasteiger partial charge on any atom is -0.339 e. The van der Waals surface area contributed by atoms with Crippen molar-refractivity contribution in [2.75, 3.05) is 32.6 Å². The Morgan fingerprint density at radius 1 is 0.875 bits per heavy atom. The van der Waals surface area contributed by atoms with Crippen LogP contribution in [0, 0.1) is 0 Å². The predicted molar refractivity (Wildman–Crippen MR) is 191 cm³/mol. The van der Waals surface area contributed by atoms with Crippen molar-refractivity contribution in [1.82, 2.24) is 20.0 Å². The number of piperidine rings is 1. The Hall–Kier alpha value is -4.60. The second kappa shape index (κ2) is 15.5. The van der Waals surface area contributed by atoms with E-state index in [1.807, 2.05) is 129 Å². The van der Waals surface area contributed by atoms with Crippen molar-refractivity contribution >= 4 is 11.7 Å². The van der Waals surface area contributed by atoms with Crippen LogP contribution in [0.2, 0.25) is 0 Å². The van der Waals surface area contributed by atoms with Crippen LogP contribution in [0.25, 0.3) is 16.9 Å². The van der Waals surface area contributed by atoms with Gasteiger partial charge in [-0.15, -0.1) is 0 Å². The van der Waals surface area contributed by atoms with Gasteiger partial charge in [0.05, 0.1) is 24.0 Å². The molecule has 8 heteroatoms. The molecule has 0 aliphatic carbocycles. The quantitative estimate of drug-likeness (QED) is 0.192. The Labute approximate surface area is 283 Å². The first kappa shape index (κ1) is 33.3. The maximum Gasteiger partial charge on any atom is 0.242 e. The Kier molecular flexibility index (Phi) is 10.8. The highest BCUT2D eigenvalue weighted by Gasteiger charge is 2.47. The highest BCUT2D eigenvalue weighted by molar-refractivity contribution is 5.94. The van der Waals surface area contributed by atoms with Gasteiger partial charge in [-0.05, 0) is 52.5 Å². The lowest BCUT2D eigenvalue weighted by molar-refractivity contribution is -0.146. The van der Waals surface area contributed by atoms with Crippen LogP contribution >= 0.6 is 0 Å². The van der Waals surface area contributed by atoms with Crippen molar-refractivity contribution in [2.24, 2.45) is 0 Å². The number of hydrogen-bond donors (Lipinski definition) is 2. The molecule has 2 fully saturated rings. The van der Waals surface area contributed by atoms with Crippen LogP contribution in [0.4, 0.5) is 5.82 Å². The van der Waals surface area contributed by atoms with Gasteiger partial charge < -0.3 is 20.1 Å². The zero-order valence-corrected chi connectivity index (χ0v) is 28.0. The van der Waals surface area contributed by atoms with E-state index in [9.17, 15) is 4.79 Å². The average molecular weight is 644 g/mol. The fourth-order valence-electron chi connectivity index (χ4n) is 6.11. The molecule has 248 valence electrons. The maximum atomic E-state index is 12.5. The van der Waals surface area contributed by atoms with E-state index in [-0.39, 0.29) is 18.1 Å². The van der Waals surface area contributed by atoms with Crippen LogP contribution < -0.4 is 10.6 Å². The molecule has 1 unspecified atom stereocenters. The number of nitrogens with zero attached hydrogens (tertiary/aromatic N) is 3. The van der Waals surface area contributed by atoms with Gasteiger partial charge in [-0.3, -0.25) is 9.69 Å². The molecule has 5 aromatic rings. The number of anilines is 1. The smallest absolute Gasteiger partial charge is 0.242 e. The number of hydrogen-bond acceptors (Lipinski definition) is 6. The normalized spacial score (nSPS) is 19.2. The number of nitrogens with one attached hydrogen (secondary N) is 2. The molecule has 0 radical (unpaired) electrons. The van der Waals surface area contributed by atoms with E-state index in [1.54, 1.807) is 4.68 Å². The number of aromatic nitrogens is 2. The lowest BCUT2D eigenvalue weighted by Gasteiger charge is -2.32. The number of rotatable bonds is 8. The molecule has 2 N–H and O–H groups in total. The molecule has 7 rings (SSSR count). The van der Waals surface area contributed by atoms with Gasteiger partial charge in [-0.25, -0.2) is 4.68 Å². The van der Waals surface area contributed by atoms with Crippen LogP contribution in [0.5, 0.6) is 0 Å². The zero-order chi connectivity index (χ0) is 33.3. The first-order valence-corrected chi connectivity index (χ1v) is 16.8. The molecule has 48 heavy (non-hydrogen) atoms. The topological polar surface area (TPSA) is 80.7 Å². The van der Waals surface area contributed by atoms with Gasteiger partial charge in [0.25, 0.3) is 0 Å². The molecule has 2 aliphatic heterocycles. The van der Waals surface area contributed by atoms with Gasteiger partial charge in [-0.2, -0.15) is 5.10 Å². The highest BCUT2D eigenvalue weighted by atomic mass is 16.7. The first-order valence-electron chi connectivity index (χ1n) is 16.8. The largest absolute Gasteiger partial charge is 0.339 e. The van der Waals surface area contributed by atoms with Crippen molar-refractivity contribution in [3.05, 3.63) is 139 Å². The SMILES string of the molecule is CC(C(=O)Nc1cc(-c2ccccc2)nn1-c1ccccc1)N(C)C.c1ccc(C2(c3ccccc3)OC[C@H]([C@@H]3CCCCN3)O2)cc1. The molecule has 1 aromatic heterocycles. The van der Waals surface area contributed by atoms with Crippen LogP contribution in [-0.2, 0) is 20.1 Å². The molecular formula is C40H45N5O3. The molecule has 1 amide bonds. The minimum absolute atomic E-state index is 0.0679. The number of ether oxygens (including phenoxy) is 2. The lowest BCUT2D eigenvalue weighted by Crippen LogP contribution is -2.45. The van der Waals surface area contributed by atoms with Crippen LogP contribution in [0.1, 0.15) is 37.3 Å². The summed E-state index contributed by atoms with van der Waals surface area (Å²) >= 11 is 0. The molecule has 0 bridgehead atoms. The maximum absolute atomic E-state index is 12.5. The summed E-state index contributed by atoms with van der Waals surface area (Å²) in [7, 11) is 3.77. The standard InChI is InChI=1S/C20H22N4O.C20H23NO2/c1-15(23(2)3)20(25)21-19-14-18(16-10-6-4-7-11-16)22-24(19)17-12-8-5-9-13-17;1-3-9-16(10-4-1)20(17-11-5-2-6-12-17)22-15-19(23-20)18-13-7-8-14-21-18/h4-15H,1-3H3,(H,21,25);1-6,9-12,18-19,21H,7-8,13-15H2/t;18-,19+/m.0/s1. The van der Waals surface area contributed by atoms with Crippen molar-refractivity contribution in [3.8, 4) is 16.9 Å². The van der Waals surface area contributed by atoms with Crippen molar-refractivity contribution < 1.29 is 14.3 Å². The third-order valence-electron chi connectivity index (χ3n) is 9.06. The summed E-state index contributed by atoms with van der Waals surface area (Å²) in [4.78, 5) is 14.4. The fraction of sp³-hybridized carbons (Fsp3) is 0.300. The summed E-state index contributed by atoms with van der Waals surface area (Å²) in [6.45, 7) is 3.58. The van der Waals surface area contributed by atoms with Gasteiger partial charge in [0, 0.05) is 28.8 Å². The van der Waals surface area contributed by atoms with E-state index in [1.165, 1.54) is 12.8 Å². The van der Waals surface area contributed by atoms with Gasteiger partial charge in [0.2, 0.25) is 11.7 Å². The number of amides is 1. The molecule has 8 nitrogen and oxygen atoms in total. The lowest BCUT2D eigenvalue weighted by atomic mass is 9.97. The highest BCUT2D eigenvalue weighted by Crippen LogP contribution is 2.41. The summed E-state index contributed by atoms with van der Waals surface area (Å²) in [5.74, 6) is -0.197. The fourth-order valence-corrected chi connectivity index (χ4v) is 6.11. The molecule has 4 aromatic carbocycles. The van der Waals surface area contributed by atoms with E-state index in [0.29, 0.717) is 18.5 Å². The first-order chi connectivity index (χ1) is 23.4. The summed E-state index contributed by atoms with van der Waals surface area (Å²) in [6, 6.07) is 42.3. The summed E-state index contributed by atoms with van der Waals surface area (Å²) in [5, 5.41) is 11.3. The minimum atomic E-state index is -0.785. The predicted octanol–water partition coefficient (Wildman–Crippen LogP) is 6.87. The molecule has 3 heterocycles. The van der Waals surface area contributed by atoms with E-state index in [2.05, 4.69) is 34.9 Å². The Morgan fingerprint density at radius 2 is 1.46 bits per heavy atom. The van der Waals surface area contributed by atoms with Gasteiger partial charge >= 0.3 is 0 Å². The monoisotopic (exact) mass is 643 g/mol. The Morgan fingerprint density at radius 3 is 2.02 bits per heavy atom. The Balaban J connectivity index is 0.000000168. The second-order valence-electron chi connectivity index (χ2n) is 12.5. The molecule has 2 aliphatic rings. The van der Waals surface area contributed by atoms with E-state index >= 15 is 0 Å². The van der Waals surface area contributed by atoms with Gasteiger partial charge in [0.15, 0.2) is 0 Å². The van der Waals surface area contributed by atoms with Gasteiger partial charge in [-0.1, -0.05) is 116 Å². The molecule has 0 spiro atoms. The van der Waals surface area contributed by atoms with Gasteiger partial charge in [0.1, 0.15) is 11.9 Å². The third kappa shape index (κ3) is 7.58. The number of carbonyl (C=O) groups is 1. The Bertz CT molecular complexity index is 1680. The number of para-hydroxylation sites is 1. The summed E-state index contributed by atoms with van der Waals surface area (Å²) in [6.07, 6.45) is 3.78.